The van der Waals surface area contributed by atoms with E-state index < -0.39 is 47.7 Å². The summed E-state index contributed by atoms with van der Waals surface area (Å²) in [6.45, 7) is 7.92. The second kappa shape index (κ2) is 11.3. The Bertz CT molecular complexity index is 1530. The summed E-state index contributed by atoms with van der Waals surface area (Å²) in [5.41, 5.74) is 0.744. The van der Waals surface area contributed by atoms with Gasteiger partial charge in [0, 0.05) is 40.0 Å². The molecule has 42 heavy (non-hydrogen) atoms. The summed E-state index contributed by atoms with van der Waals surface area (Å²) < 4.78 is 74.6. The molecule has 0 bridgehead atoms. The first-order valence-corrected chi connectivity index (χ1v) is 13.1. The van der Waals surface area contributed by atoms with Crippen molar-refractivity contribution in [1.82, 2.24) is 5.32 Å². The molecular weight excluding hydrogens is 582 g/mol. The Morgan fingerprint density at radius 1 is 0.976 bits per heavy atom. The van der Waals surface area contributed by atoms with Crippen LogP contribution in [0.3, 0.4) is 0 Å². The number of nitrogens with one attached hydrogen (secondary N) is 2. The molecule has 3 aromatic carbocycles. The van der Waals surface area contributed by atoms with Crippen molar-refractivity contribution in [2.75, 3.05) is 12.4 Å². The molecule has 1 unspecified atom stereocenters. The molecule has 2 aliphatic rings. The van der Waals surface area contributed by atoms with Crippen LogP contribution in [-0.4, -0.2) is 37.6 Å². The number of amides is 1. The van der Waals surface area contributed by atoms with Gasteiger partial charge in [-0.25, -0.2) is 8.78 Å². The highest BCUT2D eigenvalue weighted by Crippen LogP contribution is 2.41. The van der Waals surface area contributed by atoms with Crippen molar-refractivity contribution in [3.63, 3.8) is 0 Å². The predicted molar refractivity (Wildman–Crippen MR) is 149 cm³/mol. The molecule has 0 aliphatic carbocycles. The highest BCUT2D eigenvalue weighted by molar-refractivity contribution is 6.62. The third kappa shape index (κ3) is 6.16. The van der Waals surface area contributed by atoms with E-state index >= 15 is 0 Å². The third-order valence-corrected chi connectivity index (χ3v) is 7.80. The molecule has 1 atom stereocenters. The van der Waals surface area contributed by atoms with E-state index in [1.165, 1.54) is 18.2 Å². The molecule has 13 heteroatoms. The van der Waals surface area contributed by atoms with Crippen LogP contribution in [-0.2, 0) is 15.5 Å². The normalized spacial score (nSPS) is 18.6. The number of rotatable bonds is 4. The van der Waals surface area contributed by atoms with Crippen molar-refractivity contribution in [2.24, 2.45) is 0 Å². The SMILES string of the molecule is CNc1cc(B2OC(C)(C)C(C)(C)O2)cc2c1C(c1cc(F)ccc1Cl)NC2=O.O=Cc1cc(F)cc(C(F)(F)F)c1. The van der Waals surface area contributed by atoms with Gasteiger partial charge in [0.15, 0.2) is 0 Å². The Kier molecular flexibility index (Phi) is 8.47. The zero-order valence-corrected chi connectivity index (χ0v) is 24.0. The highest BCUT2D eigenvalue weighted by Gasteiger charge is 2.52. The van der Waals surface area contributed by atoms with Crippen LogP contribution >= 0.6 is 11.6 Å². The van der Waals surface area contributed by atoms with Crippen LogP contribution in [0.5, 0.6) is 0 Å². The van der Waals surface area contributed by atoms with Gasteiger partial charge in [-0.15, -0.1) is 0 Å². The molecule has 1 amide bonds. The number of aldehydes is 1. The number of alkyl halides is 3. The topological polar surface area (TPSA) is 76.7 Å². The van der Waals surface area contributed by atoms with Gasteiger partial charge in [-0.3, -0.25) is 9.59 Å². The Morgan fingerprint density at radius 2 is 1.62 bits per heavy atom. The van der Waals surface area contributed by atoms with Gasteiger partial charge in [0.2, 0.25) is 0 Å². The van der Waals surface area contributed by atoms with Gasteiger partial charge in [-0.2, -0.15) is 13.2 Å². The lowest BCUT2D eigenvalue weighted by atomic mass is 9.76. The Balaban J connectivity index is 0.000000262. The monoisotopic (exact) mass is 608 g/mol. The van der Waals surface area contributed by atoms with Crippen LogP contribution in [0.1, 0.15) is 71.1 Å². The van der Waals surface area contributed by atoms with Gasteiger partial charge >= 0.3 is 13.3 Å². The molecule has 5 rings (SSSR count). The largest absolute Gasteiger partial charge is 0.494 e. The van der Waals surface area contributed by atoms with E-state index in [9.17, 15) is 31.5 Å². The summed E-state index contributed by atoms with van der Waals surface area (Å²) in [5, 5.41) is 6.45. The van der Waals surface area contributed by atoms with Gasteiger partial charge < -0.3 is 19.9 Å². The molecule has 222 valence electrons. The minimum absolute atomic E-state index is 0.165. The number of carbonyl (C=O) groups is 2. The fraction of sp³-hybridized carbons (Fsp3) is 0.310. The molecule has 6 nitrogen and oxygen atoms in total. The average Bonchev–Trinajstić information content (AvgIpc) is 3.35. The van der Waals surface area contributed by atoms with Gasteiger partial charge in [0.05, 0.1) is 22.8 Å². The summed E-state index contributed by atoms with van der Waals surface area (Å²) >= 11 is 6.31. The first-order chi connectivity index (χ1) is 19.5. The van der Waals surface area contributed by atoms with Crippen LogP contribution in [0.25, 0.3) is 0 Å². The molecule has 2 N–H and O–H groups in total. The van der Waals surface area contributed by atoms with Crippen molar-refractivity contribution >= 4 is 42.1 Å². The van der Waals surface area contributed by atoms with Gasteiger partial charge in [-0.1, -0.05) is 11.6 Å². The summed E-state index contributed by atoms with van der Waals surface area (Å²) in [5.74, 6) is -1.73. The second-order valence-corrected chi connectivity index (χ2v) is 11.2. The van der Waals surface area contributed by atoms with E-state index in [0.717, 1.165) is 22.8 Å². The Hall–Kier alpha value is -3.48. The van der Waals surface area contributed by atoms with Gasteiger partial charge in [0.25, 0.3) is 5.91 Å². The maximum Gasteiger partial charge on any atom is 0.494 e. The molecule has 1 fully saturated rings. The number of anilines is 1. The van der Waals surface area contributed by atoms with Crippen molar-refractivity contribution in [3.8, 4) is 0 Å². The summed E-state index contributed by atoms with van der Waals surface area (Å²) in [6.07, 6.45) is -4.46. The van der Waals surface area contributed by atoms with E-state index in [1.807, 2.05) is 33.8 Å². The first-order valence-electron chi connectivity index (χ1n) is 12.8. The maximum atomic E-state index is 13.9. The van der Waals surface area contributed by atoms with Crippen LogP contribution in [0.4, 0.5) is 27.6 Å². The van der Waals surface area contributed by atoms with Crippen molar-refractivity contribution in [2.45, 2.75) is 51.1 Å². The lowest BCUT2D eigenvalue weighted by Gasteiger charge is -2.32. The lowest BCUT2D eigenvalue weighted by molar-refractivity contribution is -0.137. The van der Waals surface area contributed by atoms with Crippen LogP contribution < -0.4 is 16.1 Å². The Labute approximate surface area is 244 Å². The van der Waals surface area contributed by atoms with E-state index in [0.29, 0.717) is 28.3 Å². The van der Waals surface area contributed by atoms with Crippen LogP contribution in [0.15, 0.2) is 48.5 Å². The van der Waals surface area contributed by atoms with Crippen LogP contribution in [0.2, 0.25) is 5.02 Å². The van der Waals surface area contributed by atoms with E-state index in [4.69, 9.17) is 20.9 Å². The van der Waals surface area contributed by atoms with E-state index in [-0.39, 0.29) is 17.8 Å². The fourth-order valence-electron chi connectivity index (χ4n) is 4.59. The number of fused-ring (bicyclic) bond motifs is 1. The molecule has 0 aromatic heterocycles. The quantitative estimate of drug-likeness (QED) is 0.206. The van der Waals surface area contributed by atoms with Crippen LogP contribution in [0, 0.1) is 11.6 Å². The number of carbonyl (C=O) groups excluding carboxylic acids is 2. The Morgan fingerprint density at radius 3 is 2.19 bits per heavy atom. The fourth-order valence-corrected chi connectivity index (χ4v) is 4.82. The zero-order chi connectivity index (χ0) is 31.2. The smallest absolute Gasteiger partial charge is 0.399 e. The predicted octanol–water partition coefficient (Wildman–Crippen LogP) is 6.31. The maximum absolute atomic E-state index is 13.9. The number of hydrogen-bond acceptors (Lipinski definition) is 5. The van der Waals surface area contributed by atoms with E-state index in [2.05, 4.69) is 10.6 Å². The molecule has 3 aromatic rings. The van der Waals surface area contributed by atoms with Crippen molar-refractivity contribution < 1.29 is 40.8 Å². The molecule has 0 spiro atoms. The highest BCUT2D eigenvalue weighted by atomic mass is 35.5. The first kappa shape index (κ1) is 31.5. The van der Waals surface area contributed by atoms with Gasteiger partial charge in [0.1, 0.15) is 17.9 Å². The molecule has 1 saturated heterocycles. The standard InChI is InChI=1S/C21H23BClFN2O3.C8H4F4O/c1-20(2)21(3,4)29-22(28-20)11-8-14-17(16(9-11)25-5)18(26-19(14)27)13-10-12(24)6-7-15(13)23;9-7-2-5(4-13)1-6(3-7)8(10,11)12/h6-10,18,25H,1-5H3,(H,26,27);1-4H. The van der Waals surface area contributed by atoms with E-state index in [1.54, 1.807) is 13.1 Å². The summed E-state index contributed by atoms with van der Waals surface area (Å²) in [6, 6.07) is 8.95. The summed E-state index contributed by atoms with van der Waals surface area (Å²) in [7, 11) is 1.18. The molecular formula is C29H27BClF5N2O4. The lowest BCUT2D eigenvalue weighted by Crippen LogP contribution is -2.41. The van der Waals surface area contributed by atoms with Gasteiger partial charge in [-0.05, 0) is 81.7 Å². The number of hydrogen-bond donors (Lipinski definition) is 2. The molecule has 0 radical (unpaired) electrons. The molecule has 2 heterocycles. The second-order valence-electron chi connectivity index (χ2n) is 10.8. The minimum Gasteiger partial charge on any atom is -0.399 e. The minimum atomic E-state index is -4.63. The average molecular weight is 609 g/mol. The number of halogens is 6. The molecule has 0 saturated carbocycles. The number of benzene rings is 3. The van der Waals surface area contributed by atoms with Crippen molar-refractivity contribution in [1.29, 1.82) is 0 Å². The third-order valence-electron chi connectivity index (χ3n) is 7.46. The summed E-state index contributed by atoms with van der Waals surface area (Å²) in [4.78, 5) is 22.9. The molecule has 2 aliphatic heterocycles. The zero-order valence-electron chi connectivity index (χ0n) is 23.3. The van der Waals surface area contributed by atoms with Crippen molar-refractivity contribution in [3.05, 3.63) is 93.0 Å².